The van der Waals surface area contributed by atoms with Crippen LogP contribution in [0.3, 0.4) is 0 Å². The maximum atomic E-state index is 13.3. The number of fused-ring (bicyclic) bond motifs is 3. The molecule has 2 heterocycles. The van der Waals surface area contributed by atoms with E-state index >= 15 is 0 Å². The topological polar surface area (TPSA) is 87.9 Å². The number of carbonyl (C=O) groups excluding carboxylic acids is 1. The van der Waals surface area contributed by atoms with Crippen LogP contribution in [0.5, 0.6) is 0 Å². The molecule has 2 atom stereocenters. The Labute approximate surface area is 192 Å². The summed E-state index contributed by atoms with van der Waals surface area (Å²) < 4.78 is 18.3. The minimum Gasteiger partial charge on any atom is -0.385 e. The van der Waals surface area contributed by atoms with Gasteiger partial charge in [0.25, 0.3) is 5.69 Å². The lowest BCUT2D eigenvalue weighted by atomic mass is 9.83. The van der Waals surface area contributed by atoms with Gasteiger partial charge < -0.3 is 15.0 Å². The number of hydrogen-bond donors (Lipinski definition) is 1. The van der Waals surface area contributed by atoms with Crippen molar-refractivity contribution in [3.8, 4) is 0 Å². The van der Waals surface area contributed by atoms with Crippen LogP contribution in [0.4, 0.5) is 15.8 Å². The number of carbonyl (C=O) groups is 1. The molecule has 2 aliphatic heterocycles. The summed E-state index contributed by atoms with van der Waals surface area (Å²) in [5.74, 6) is -0.619. The maximum Gasteiger partial charge on any atom is 0.269 e. The SMILES string of the molecule is COCCCNC(=O)[C@@H]1Cc2cc([N+](=O)[O-])ccc2N2CCN(Cc3ccc(F)cc3)C[C@H]12. The van der Waals surface area contributed by atoms with Crippen LogP contribution in [-0.2, 0) is 22.5 Å². The van der Waals surface area contributed by atoms with Gasteiger partial charge in [-0.25, -0.2) is 4.39 Å². The Kier molecular flexibility index (Phi) is 7.20. The summed E-state index contributed by atoms with van der Waals surface area (Å²) in [5, 5.41) is 14.3. The number of anilines is 1. The third-order valence-corrected chi connectivity index (χ3v) is 6.47. The molecule has 0 saturated carbocycles. The van der Waals surface area contributed by atoms with Gasteiger partial charge in [0.15, 0.2) is 0 Å². The number of rotatable bonds is 8. The molecule has 2 aromatic carbocycles. The first-order valence-corrected chi connectivity index (χ1v) is 11.2. The number of ether oxygens (including phenoxy) is 1. The van der Waals surface area contributed by atoms with Gasteiger partial charge in [0.05, 0.1) is 16.9 Å². The standard InChI is InChI=1S/C24H29FN4O4/c1-33-12-2-9-26-24(30)21-14-18-13-20(29(31)32)7-8-22(18)28-11-10-27(16-23(21)28)15-17-3-5-19(25)6-4-17/h3-8,13,21,23H,2,9-12,14-16H2,1H3,(H,26,30)/t21-,23-/m1/s1. The first-order valence-electron chi connectivity index (χ1n) is 11.2. The molecule has 9 heteroatoms. The second kappa shape index (κ2) is 10.3. The molecular formula is C24H29FN4O4. The molecule has 8 nitrogen and oxygen atoms in total. The number of nitrogens with zero attached hydrogens (tertiary/aromatic N) is 3. The van der Waals surface area contributed by atoms with Crippen molar-refractivity contribution >= 4 is 17.3 Å². The molecule has 4 rings (SSSR count). The molecule has 2 aliphatic rings. The largest absolute Gasteiger partial charge is 0.385 e. The van der Waals surface area contributed by atoms with Gasteiger partial charge >= 0.3 is 0 Å². The Morgan fingerprint density at radius 3 is 2.76 bits per heavy atom. The molecule has 176 valence electrons. The second-order valence-electron chi connectivity index (χ2n) is 8.64. The Bertz CT molecular complexity index is 1000. The predicted molar refractivity (Wildman–Crippen MR) is 123 cm³/mol. The lowest BCUT2D eigenvalue weighted by Crippen LogP contribution is -2.60. The number of piperazine rings is 1. The van der Waals surface area contributed by atoms with Gasteiger partial charge in [-0.3, -0.25) is 19.8 Å². The van der Waals surface area contributed by atoms with Crippen molar-refractivity contribution in [3.05, 3.63) is 69.5 Å². The number of nitro groups is 1. The van der Waals surface area contributed by atoms with E-state index in [0.717, 1.165) is 29.8 Å². The van der Waals surface area contributed by atoms with E-state index < -0.39 is 4.92 Å². The molecular weight excluding hydrogens is 427 g/mol. The Morgan fingerprint density at radius 2 is 2.03 bits per heavy atom. The van der Waals surface area contributed by atoms with E-state index in [2.05, 4.69) is 15.1 Å². The van der Waals surface area contributed by atoms with Crippen molar-refractivity contribution in [3.63, 3.8) is 0 Å². The van der Waals surface area contributed by atoms with Crippen LogP contribution in [0.25, 0.3) is 0 Å². The van der Waals surface area contributed by atoms with Gasteiger partial charge in [-0.05, 0) is 42.2 Å². The highest BCUT2D eigenvalue weighted by Crippen LogP contribution is 2.38. The minimum absolute atomic E-state index is 0.0399. The van der Waals surface area contributed by atoms with Crippen molar-refractivity contribution in [2.45, 2.75) is 25.4 Å². The number of halogens is 1. The van der Waals surface area contributed by atoms with Crippen molar-refractivity contribution in [2.24, 2.45) is 5.92 Å². The molecule has 2 aromatic rings. The summed E-state index contributed by atoms with van der Waals surface area (Å²) in [4.78, 5) is 28.6. The van der Waals surface area contributed by atoms with E-state index in [1.807, 2.05) is 6.07 Å². The highest BCUT2D eigenvalue weighted by Gasteiger charge is 2.41. The lowest BCUT2D eigenvalue weighted by molar-refractivity contribution is -0.384. The molecule has 1 fully saturated rings. The van der Waals surface area contributed by atoms with Gasteiger partial charge in [0, 0.05) is 64.3 Å². The van der Waals surface area contributed by atoms with Crippen LogP contribution in [0.15, 0.2) is 42.5 Å². The fourth-order valence-corrected chi connectivity index (χ4v) is 4.83. The summed E-state index contributed by atoms with van der Waals surface area (Å²) in [6.07, 6.45) is 1.18. The molecule has 1 N–H and O–H groups in total. The molecule has 1 amide bonds. The lowest BCUT2D eigenvalue weighted by Gasteiger charge is -2.49. The molecule has 0 aliphatic carbocycles. The van der Waals surface area contributed by atoms with Crippen LogP contribution >= 0.6 is 0 Å². The number of nitro benzene ring substituents is 1. The van der Waals surface area contributed by atoms with Crippen LogP contribution in [-0.4, -0.2) is 61.7 Å². The molecule has 0 unspecified atom stereocenters. The normalized spacial score (nSPS) is 20.1. The first kappa shape index (κ1) is 23.1. The minimum atomic E-state index is -0.396. The summed E-state index contributed by atoms with van der Waals surface area (Å²) in [7, 11) is 1.63. The zero-order valence-corrected chi connectivity index (χ0v) is 18.7. The Balaban J connectivity index is 1.55. The summed E-state index contributed by atoms with van der Waals surface area (Å²) >= 11 is 0. The predicted octanol–water partition coefficient (Wildman–Crippen LogP) is 2.75. The average molecular weight is 457 g/mol. The highest BCUT2D eigenvalue weighted by atomic mass is 19.1. The van der Waals surface area contributed by atoms with Crippen molar-refractivity contribution in [2.75, 3.05) is 44.8 Å². The van der Waals surface area contributed by atoms with Crippen molar-refractivity contribution < 1.29 is 18.8 Å². The van der Waals surface area contributed by atoms with Crippen molar-refractivity contribution in [1.82, 2.24) is 10.2 Å². The highest BCUT2D eigenvalue weighted by molar-refractivity contribution is 5.82. The Hall–Kier alpha value is -3.04. The zero-order chi connectivity index (χ0) is 23.4. The molecule has 0 spiro atoms. The fraction of sp³-hybridized carbons (Fsp3) is 0.458. The molecule has 0 radical (unpaired) electrons. The molecule has 1 saturated heterocycles. The summed E-state index contributed by atoms with van der Waals surface area (Å²) in [6, 6.07) is 11.4. The van der Waals surface area contributed by atoms with E-state index in [4.69, 9.17) is 4.74 Å². The third kappa shape index (κ3) is 5.31. The van der Waals surface area contributed by atoms with E-state index in [9.17, 15) is 19.3 Å². The fourth-order valence-electron chi connectivity index (χ4n) is 4.83. The quantitative estimate of drug-likeness (QED) is 0.373. The van der Waals surface area contributed by atoms with Gasteiger partial charge in [-0.1, -0.05) is 12.1 Å². The number of nitrogens with one attached hydrogen (secondary N) is 1. The van der Waals surface area contributed by atoms with E-state index in [-0.39, 0.29) is 29.4 Å². The maximum absolute atomic E-state index is 13.3. The molecule has 33 heavy (non-hydrogen) atoms. The Morgan fingerprint density at radius 1 is 1.24 bits per heavy atom. The number of non-ortho nitro benzene ring substituents is 1. The number of amides is 1. The van der Waals surface area contributed by atoms with E-state index in [0.29, 0.717) is 39.2 Å². The van der Waals surface area contributed by atoms with Crippen LogP contribution < -0.4 is 10.2 Å². The summed E-state index contributed by atoms with van der Waals surface area (Å²) in [5.41, 5.74) is 2.87. The monoisotopic (exact) mass is 456 g/mol. The average Bonchev–Trinajstić information content (AvgIpc) is 2.82. The van der Waals surface area contributed by atoms with E-state index in [1.54, 1.807) is 25.3 Å². The third-order valence-electron chi connectivity index (χ3n) is 6.47. The number of hydrogen-bond acceptors (Lipinski definition) is 6. The first-order chi connectivity index (χ1) is 16.0. The second-order valence-corrected chi connectivity index (χ2v) is 8.64. The summed E-state index contributed by atoms with van der Waals surface area (Å²) in [6.45, 7) is 3.96. The van der Waals surface area contributed by atoms with Gasteiger partial charge in [0.2, 0.25) is 5.91 Å². The van der Waals surface area contributed by atoms with Gasteiger partial charge in [-0.15, -0.1) is 0 Å². The molecule has 0 aromatic heterocycles. The zero-order valence-electron chi connectivity index (χ0n) is 18.7. The van der Waals surface area contributed by atoms with Crippen LogP contribution in [0, 0.1) is 21.8 Å². The smallest absolute Gasteiger partial charge is 0.269 e. The molecule has 0 bridgehead atoms. The van der Waals surface area contributed by atoms with Crippen LogP contribution in [0.1, 0.15) is 17.5 Å². The number of methoxy groups -OCH3 is 1. The van der Waals surface area contributed by atoms with Crippen LogP contribution in [0.2, 0.25) is 0 Å². The van der Waals surface area contributed by atoms with E-state index in [1.165, 1.54) is 18.2 Å². The number of benzene rings is 2. The van der Waals surface area contributed by atoms with Gasteiger partial charge in [-0.2, -0.15) is 0 Å². The van der Waals surface area contributed by atoms with Crippen molar-refractivity contribution in [1.29, 1.82) is 0 Å². The van der Waals surface area contributed by atoms with Gasteiger partial charge in [0.1, 0.15) is 5.82 Å².